The van der Waals surface area contributed by atoms with Gasteiger partial charge < -0.3 is 4.74 Å². The average molecular weight is 429 g/mol. The van der Waals surface area contributed by atoms with Crippen molar-refractivity contribution in [2.24, 2.45) is 5.92 Å². The highest BCUT2D eigenvalue weighted by molar-refractivity contribution is 5.55. The molecule has 2 unspecified atom stereocenters. The number of rotatable bonds is 16. The fraction of sp³-hybridized carbons (Fsp3) is 0.630. The van der Waals surface area contributed by atoms with Crippen molar-refractivity contribution in [3.63, 3.8) is 0 Å². The number of hydrogen-bond donors (Lipinski definition) is 0. The molecule has 31 heavy (non-hydrogen) atoms. The zero-order valence-electron chi connectivity index (χ0n) is 19.8. The van der Waals surface area contributed by atoms with Crippen LogP contribution in [0.25, 0.3) is 11.4 Å². The molecule has 0 N–H and O–H groups in total. The van der Waals surface area contributed by atoms with Crippen molar-refractivity contribution in [1.29, 1.82) is 0 Å². The number of unbranched alkanes of at least 4 members (excludes halogenated alkanes) is 8. The minimum absolute atomic E-state index is 0.0155. The quantitative estimate of drug-likeness (QED) is 0.254. The SMILES string of the molecule is CCCCCCCCCCCc1cnc(-c2ccc(OCC(F)C(C)CC)cc2)nc1. The average Bonchev–Trinajstić information content (AvgIpc) is 2.81. The number of alkyl halides is 1. The van der Waals surface area contributed by atoms with Gasteiger partial charge in [0.05, 0.1) is 0 Å². The van der Waals surface area contributed by atoms with Crippen LogP contribution in [0.4, 0.5) is 4.39 Å². The van der Waals surface area contributed by atoms with Crippen LogP contribution in [0.5, 0.6) is 5.75 Å². The Labute approximate surface area is 188 Å². The molecular formula is C27H41FN2O. The summed E-state index contributed by atoms with van der Waals surface area (Å²) in [5.41, 5.74) is 2.14. The van der Waals surface area contributed by atoms with Gasteiger partial charge in [0.15, 0.2) is 5.82 Å². The molecule has 0 saturated heterocycles. The Morgan fingerprint density at radius 3 is 2.00 bits per heavy atom. The van der Waals surface area contributed by atoms with Gasteiger partial charge in [0.1, 0.15) is 18.5 Å². The summed E-state index contributed by atoms with van der Waals surface area (Å²) in [6.45, 7) is 6.26. The fourth-order valence-corrected chi connectivity index (χ4v) is 3.57. The maximum Gasteiger partial charge on any atom is 0.159 e. The lowest BCUT2D eigenvalue weighted by Crippen LogP contribution is -2.20. The summed E-state index contributed by atoms with van der Waals surface area (Å²) in [6.07, 6.45) is 16.9. The molecule has 0 aliphatic rings. The molecule has 0 aliphatic heterocycles. The molecule has 0 amide bonds. The fourth-order valence-electron chi connectivity index (χ4n) is 3.57. The van der Waals surface area contributed by atoms with E-state index in [1.54, 1.807) is 0 Å². The Bertz CT molecular complexity index is 702. The van der Waals surface area contributed by atoms with Crippen molar-refractivity contribution in [2.75, 3.05) is 6.61 Å². The van der Waals surface area contributed by atoms with Crippen LogP contribution < -0.4 is 4.74 Å². The minimum atomic E-state index is -0.939. The van der Waals surface area contributed by atoms with Crippen LogP contribution in [0.2, 0.25) is 0 Å². The maximum atomic E-state index is 13.9. The summed E-state index contributed by atoms with van der Waals surface area (Å²) in [4.78, 5) is 9.06. The second-order valence-electron chi connectivity index (χ2n) is 8.73. The van der Waals surface area contributed by atoms with E-state index in [2.05, 4.69) is 16.9 Å². The third kappa shape index (κ3) is 9.80. The van der Waals surface area contributed by atoms with Crippen LogP contribution in [0.3, 0.4) is 0 Å². The van der Waals surface area contributed by atoms with Crippen LogP contribution in [-0.4, -0.2) is 22.7 Å². The first-order valence-electron chi connectivity index (χ1n) is 12.3. The second kappa shape index (κ2) is 14.9. The third-order valence-electron chi connectivity index (χ3n) is 6.06. The normalized spacial score (nSPS) is 13.2. The first-order valence-corrected chi connectivity index (χ1v) is 12.3. The largest absolute Gasteiger partial charge is 0.491 e. The Balaban J connectivity index is 1.69. The van der Waals surface area contributed by atoms with Gasteiger partial charge in [-0.25, -0.2) is 14.4 Å². The van der Waals surface area contributed by atoms with E-state index in [9.17, 15) is 4.39 Å². The van der Waals surface area contributed by atoms with Gasteiger partial charge in [0.25, 0.3) is 0 Å². The number of aryl methyl sites for hydroxylation is 1. The van der Waals surface area contributed by atoms with E-state index in [1.165, 1.54) is 63.4 Å². The Kier molecular flexibility index (Phi) is 12.2. The molecular weight excluding hydrogens is 387 g/mol. The topological polar surface area (TPSA) is 35.0 Å². The number of hydrogen-bond acceptors (Lipinski definition) is 3. The van der Waals surface area contributed by atoms with E-state index in [0.717, 1.165) is 18.4 Å². The molecule has 0 bridgehead atoms. The molecule has 4 heteroatoms. The van der Waals surface area contributed by atoms with Crippen molar-refractivity contribution in [3.05, 3.63) is 42.2 Å². The van der Waals surface area contributed by atoms with Crippen molar-refractivity contribution >= 4 is 0 Å². The Morgan fingerprint density at radius 2 is 1.42 bits per heavy atom. The molecule has 0 aliphatic carbocycles. The zero-order chi connectivity index (χ0) is 22.3. The second-order valence-corrected chi connectivity index (χ2v) is 8.73. The third-order valence-corrected chi connectivity index (χ3v) is 6.06. The molecule has 1 aromatic carbocycles. The molecule has 0 spiro atoms. The van der Waals surface area contributed by atoms with E-state index in [1.807, 2.05) is 50.5 Å². The molecule has 0 fully saturated rings. The van der Waals surface area contributed by atoms with Gasteiger partial charge in [-0.15, -0.1) is 0 Å². The minimum Gasteiger partial charge on any atom is -0.491 e. The molecule has 2 atom stereocenters. The van der Waals surface area contributed by atoms with Gasteiger partial charge in [-0.3, -0.25) is 0 Å². The van der Waals surface area contributed by atoms with Crippen LogP contribution in [0.1, 0.15) is 90.5 Å². The lowest BCUT2D eigenvalue weighted by molar-refractivity contribution is 0.145. The summed E-state index contributed by atoms with van der Waals surface area (Å²) >= 11 is 0. The number of ether oxygens (including phenoxy) is 1. The van der Waals surface area contributed by atoms with Gasteiger partial charge in [-0.1, -0.05) is 78.6 Å². The standard InChI is InChI=1S/C27H41FN2O/c1-4-6-7-8-9-10-11-12-13-14-23-19-29-27(30-20-23)24-15-17-25(18-16-24)31-21-26(28)22(3)5-2/h15-20,22,26H,4-14,21H2,1-3H3. The Hall–Kier alpha value is -1.97. The summed E-state index contributed by atoms with van der Waals surface area (Å²) in [6, 6.07) is 7.58. The van der Waals surface area contributed by atoms with Gasteiger partial charge in [-0.05, 0) is 48.6 Å². The van der Waals surface area contributed by atoms with Crippen molar-refractivity contribution < 1.29 is 9.13 Å². The van der Waals surface area contributed by atoms with Gasteiger partial charge in [0, 0.05) is 18.0 Å². The van der Waals surface area contributed by atoms with Crippen LogP contribution >= 0.6 is 0 Å². The number of benzene rings is 1. The zero-order valence-corrected chi connectivity index (χ0v) is 19.8. The molecule has 2 aromatic rings. The van der Waals surface area contributed by atoms with E-state index in [4.69, 9.17) is 4.74 Å². The lowest BCUT2D eigenvalue weighted by atomic mass is 10.0. The molecule has 0 saturated carbocycles. The molecule has 2 rings (SSSR count). The first kappa shape index (κ1) is 25.3. The van der Waals surface area contributed by atoms with Crippen molar-refractivity contribution in [2.45, 2.75) is 97.6 Å². The predicted molar refractivity (Wildman–Crippen MR) is 128 cm³/mol. The molecule has 1 heterocycles. The van der Waals surface area contributed by atoms with Crippen molar-refractivity contribution in [1.82, 2.24) is 9.97 Å². The van der Waals surface area contributed by atoms with E-state index < -0.39 is 6.17 Å². The van der Waals surface area contributed by atoms with Crippen molar-refractivity contribution in [3.8, 4) is 17.1 Å². The Morgan fingerprint density at radius 1 is 0.839 bits per heavy atom. The highest BCUT2D eigenvalue weighted by Crippen LogP contribution is 2.21. The summed E-state index contributed by atoms with van der Waals surface area (Å²) < 4.78 is 19.5. The lowest BCUT2D eigenvalue weighted by Gasteiger charge is -2.15. The summed E-state index contributed by atoms with van der Waals surface area (Å²) in [5, 5.41) is 0. The van der Waals surface area contributed by atoms with Gasteiger partial charge in [-0.2, -0.15) is 0 Å². The molecule has 172 valence electrons. The molecule has 3 nitrogen and oxygen atoms in total. The highest BCUT2D eigenvalue weighted by atomic mass is 19.1. The number of nitrogens with zero attached hydrogens (tertiary/aromatic N) is 2. The number of aromatic nitrogens is 2. The number of halogens is 1. The van der Waals surface area contributed by atoms with E-state index in [-0.39, 0.29) is 12.5 Å². The summed E-state index contributed by atoms with van der Waals surface area (Å²) in [5.74, 6) is 1.41. The van der Waals surface area contributed by atoms with Crippen LogP contribution in [0, 0.1) is 5.92 Å². The summed E-state index contributed by atoms with van der Waals surface area (Å²) in [7, 11) is 0. The maximum absolute atomic E-state index is 13.9. The molecule has 1 aromatic heterocycles. The van der Waals surface area contributed by atoms with Crippen LogP contribution in [0.15, 0.2) is 36.7 Å². The predicted octanol–water partition coefficient (Wildman–Crippen LogP) is 7.98. The first-order chi connectivity index (χ1) is 15.1. The molecule has 0 radical (unpaired) electrons. The monoisotopic (exact) mass is 428 g/mol. The van der Waals surface area contributed by atoms with E-state index >= 15 is 0 Å². The smallest absolute Gasteiger partial charge is 0.159 e. The van der Waals surface area contributed by atoms with E-state index in [0.29, 0.717) is 11.6 Å². The highest BCUT2D eigenvalue weighted by Gasteiger charge is 2.15. The van der Waals surface area contributed by atoms with Crippen LogP contribution in [-0.2, 0) is 6.42 Å². The van der Waals surface area contributed by atoms with Gasteiger partial charge >= 0.3 is 0 Å². The van der Waals surface area contributed by atoms with Gasteiger partial charge in [0.2, 0.25) is 0 Å².